The van der Waals surface area contributed by atoms with Crippen molar-refractivity contribution in [1.82, 2.24) is 4.90 Å². The molecule has 0 aromatic heterocycles. The van der Waals surface area contributed by atoms with Gasteiger partial charge in [-0.25, -0.2) is 4.79 Å². The highest BCUT2D eigenvalue weighted by molar-refractivity contribution is 5.99. The third kappa shape index (κ3) is 4.57. The number of hydrogen-bond donors (Lipinski definition) is 2. The summed E-state index contributed by atoms with van der Waals surface area (Å²) in [6.45, 7) is 2.03. The second-order valence-electron chi connectivity index (χ2n) is 7.35. The van der Waals surface area contributed by atoms with Crippen LogP contribution >= 0.6 is 0 Å². The summed E-state index contributed by atoms with van der Waals surface area (Å²) >= 11 is 0. The Kier molecular flexibility index (Phi) is 5.78. The van der Waals surface area contributed by atoms with E-state index in [9.17, 15) is 19.5 Å². The van der Waals surface area contributed by atoms with Gasteiger partial charge in [-0.1, -0.05) is 43.3 Å². The summed E-state index contributed by atoms with van der Waals surface area (Å²) in [4.78, 5) is 38.0. The number of likely N-dealkylation sites (N-methyl/N-ethyl adjacent to an activating group) is 1. The maximum absolute atomic E-state index is 12.9. The van der Waals surface area contributed by atoms with Gasteiger partial charge in [0.05, 0.1) is 0 Å². The molecule has 6 heteroatoms. The predicted molar refractivity (Wildman–Crippen MR) is 106 cm³/mol. The zero-order valence-electron chi connectivity index (χ0n) is 16.0. The minimum Gasteiger partial charge on any atom is -0.480 e. The molecule has 1 saturated carbocycles. The standard InChI is InChI=1S/C22H24N2O4/c1-14-11-18(14)20(25)23-17-10-6-9-16(13-17)21(26)24(2)19(22(27)28)12-15-7-4-3-5-8-15/h3-10,13-14,18-19H,11-12H2,1-2H3,(H,23,25)(H,27,28). The Hall–Kier alpha value is -3.15. The van der Waals surface area contributed by atoms with Crippen molar-refractivity contribution in [3.63, 3.8) is 0 Å². The Bertz CT molecular complexity index is 881. The molecule has 3 rings (SSSR count). The number of nitrogens with zero attached hydrogens (tertiary/aromatic N) is 1. The number of benzene rings is 2. The molecule has 2 amide bonds. The summed E-state index contributed by atoms with van der Waals surface area (Å²) in [7, 11) is 1.49. The molecule has 2 aromatic carbocycles. The first-order valence-electron chi connectivity index (χ1n) is 9.31. The van der Waals surface area contributed by atoms with Crippen LogP contribution in [0, 0.1) is 11.8 Å². The molecule has 1 aliphatic rings. The van der Waals surface area contributed by atoms with Crippen LogP contribution in [0.1, 0.15) is 29.3 Å². The number of carbonyl (C=O) groups is 3. The lowest BCUT2D eigenvalue weighted by Gasteiger charge is -2.25. The molecule has 0 radical (unpaired) electrons. The van der Waals surface area contributed by atoms with Crippen molar-refractivity contribution in [2.45, 2.75) is 25.8 Å². The molecule has 146 valence electrons. The molecule has 1 fully saturated rings. The highest BCUT2D eigenvalue weighted by Crippen LogP contribution is 2.38. The Balaban J connectivity index is 1.73. The summed E-state index contributed by atoms with van der Waals surface area (Å²) < 4.78 is 0. The molecular formula is C22H24N2O4. The molecule has 0 saturated heterocycles. The maximum Gasteiger partial charge on any atom is 0.326 e. The van der Waals surface area contributed by atoms with Crippen molar-refractivity contribution in [1.29, 1.82) is 0 Å². The Labute approximate surface area is 164 Å². The van der Waals surface area contributed by atoms with Crippen LogP contribution in [0.25, 0.3) is 0 Å². The van der Waals surface area contributed by atoms with E-state index in [1.54, 1.807) is 24.3 Å². The molecule has 2 aromatic rings. The minimum absolute atomic E-state index is 0.0318. The number of carbonyl (C=O) groups excluding carboxylic acids is 2. The van der Waals surface area contributed by atoms with Crippen LogP contribution in [0.3, 0.4) is 0 Å². The first-order chi connectivity index (χ1) is 13.4. The van der Waals surface area contributed by atoms with Crippen molar-refractivity contribution >= 4 is 23.5 Å². The van der Waals surface area contributed by atoms with Crippen LogP contribution in [-0.4, -0.2) is 40.9 Å². The maximum atomic E-state index is 12.9. The van der Waals surface area contributed by atoms with Gasteiger partial charge in [-0.05, 0) is 36.1 Å². The van der Waals surface area contributed by atoms with E-state index < -0.39 is 17.9 Å². The van der Waals surface area contributed by atoms with E-state index in [1.807, 2.05) is 37.3 Å². The fraction of sp³-hybridized carbons (Fsp3) is 0.318. The molecule has 1 aliphatic carbocycles. The van der Waals surface area contributed by atoms with Crippen LogP contribution in [-0.2, 0) is 16.0 Å². The Morgan fingerprint density at radius 1 is 1.14 bits per heavy atom. The SMILES string of the molecule is CC1CC1C(=O)Nc1cccc(C(=O)N(C)C(Cc2ccccc2)C(=O)O)c1. The van der Waals surface area contributed by atoms with Crippen molar-refractivity contribution in [2.75, 3.05) is 12.4 Å². The second-order valence-corrected chi connectivity index (χ2v) is 7.35. The van der Waals surface area contributed by atoms with E-state index in [1.165, 1.54) is 11.9 Å². The number of anilines is 1. The van der Waals surface area contributed by atoms with Gasteiger partial charge < -0.3 is 15.3 Å². The summed E-state index contributed by atoms with van der Waals surface area (Å²) in [6.07, 6.45) is 1.10. The zero-order chi connectivity index (χ0) is 20.3. The van der Waals surface area contributed by atoms with Gasteiger partial charge in [0, 0.05) is 30.6 Å². The molecule has 0 bridgehead atoms. The topological polar surface area (TPSA) is 86.7 Å². The lowest BCUT2D eigenvalue weighted by molar-refractivity contribution is -0.141. The van der Waals surface area contributed by atoms with Crippen LogP contribution in [0.2, 0.25) is 0 Å². The van der Waals surface area contributed by atoms with E-state index in [-0.39, 0.29) is 18.2 Å². The fourth-order valence-electron chi connectivity index (χ4n) is 3.22. The fourth-order valence-corrected chi connectivity index (χ4v) is 3.22. The molecule has 0 heterocycles. The van der Waals surface area contributed by atoms with Gasteiger partial charge in [0.25, 0.3) is 5.91 Å². The van der Waals surface area contributed by atoms with Crippen molar-refractivity contribution in [3.05, 3.63) is 65.7 Å². The van der Waals surface area contributed by atoms with Crippen molar-refractivity contribution in [2.24, 2.45) is 11.8 Å². The van der Waals surface area contributed by atoms with Gasteiger partial charge in [-0.15, -0.1) is 0 Å². The third-order valence-electron chi connectivity index (χ3n) is 5.17. The number of amides is 2. The van der Waals surface area contributed by atoms with Crippen LogP contribution in [0.5, 0.6) is 0 Å². The molecule has 28 heavy (non-hydrogen) atoms. The largest absolute Gasteiger partial charge is 0.480 e. The predicted octanol–water partition coefficient (Wildman–Crippen LogP) is 3.05. The van der Waals surface area contributed by atoms with Crippen LogP contribution < -0.4 is 5.32 Å². The highest BCUT2D eigenvalue weighted by atomic mass is 16.4. The normalized spacial score (nSPS) is 18.8. The van der Waals surface area contributed by atoms with Crippen LogP contribution in [0.4, 0.5) is 5.69 Å². The first-order valence-corrected chi connectivity index (χ1v) is 9.31. The van der Waals surface area contributed by atoms with E-state index in [0.717, 1.165) is 12.0 Å². The number of rotatable bonds is 7. The summed E-state index contributed by atoms with van der Waals surface area (Å²) in [5.74, 6) is -1.08. The van der Waals surface area contributed by atoms with Gasteiger partial charge in [0.2, 0.25) is 5.91 Å². The molecular weight excluding hydrogens is 356 g/mol. The van der Waals surface area contributed by atoms with E-state index in [0.29, 0.717) is 17.2 Å². The Morgan fingerprint density at radius 2 is 1.82 bits per heavy atom. The monoisotopic (exact) mass is 380 g/mol. The van der Waals surface area contributed by atoms with E-state index in [2.05, 4.69) is 5.32 Å². The molecule has 0 spiro atoms. The molecule has 3 unspecified atom stereocenters. The molecule has 2 N–H and O–H groups in total. The number of carboxylic acid groups (broad SMARTS) is 1. The second kappa shape index (κ2) is 8.25. The quantitative estimate of drug-likeness (QED) is 0.773. The average molecular weight is 380 g/mol. The molecule has 3 atom stereocenters. The van der Waals surface area contributed by atoms with Crippen LogP contribution in [0.15, 0.2) is 54.6 Å². The zero-order valence-corrected chi connectivity index (χ0v) is 16.0. The highest BCUT2D eigenvalue weighted by Gasteiger charge is 2.39. The first kappa shape index (κ1) is 19.6. The number of aliphatic carboxylic acids is 1. The summed E-state index contributed by atoms with van der Waals surface area (Å²) in [6, 6.07) is 14.8. The smallest absolute Gasteiger partial charge is 0.326 e. The van der Waals surface area contributed by atoms with Gasteiger partial charge in [0.15, 0.2) is 0 Å². The Morgan fingerprint density at radius 3 is 2.43 bits per heavy atom. The average Bonchev–Trinajstić information content (AvgIpc) is 3.42. The van der Waals surface area contributed by atoms with Gasteiger partial charge in [0.1, 0.15) is 6.04 Å². The lowest BCUT2D eigenvalue weighted by Crippen LogP contribution is -2.43. The molecule has 0 aliphatic heterocycles. The van der Waals surface area contributed by atoms with Gasteiger partial charge in [-0.3, -0.25) is 9.59 Å². The number of nitrogens with one attached hydrogen (secondary N) is 1. The lowest BCUT2D eigenvalue weighted by atomic mass is 10.0. The van der Waals surface area contributed by atoms with Gasteiger partial charge in [-0.2, -0.15) is 0 Å². The van der Waals surface area contributed by atoms with Crippen molar-refractivity contribution in [3.8, 4) is 0 Å². The number of carboxylic acids is 1. The summed E-state index contributed by atoms with van der Waals surface area (Å²) in [5, 5.41) is 12.5. The molecule has 6 nitrogen and oxygen atoms in total. The third-order valence-corrected chi connectivity index (χ3v) is 5.17. The van der Waals surface area contributed by atoms with Gasteiger partial charge >= 0.3 is 5.97 Å². The van der Waals surface area contributed by atoms with E-state index in [4.69, 9.17) is 0 Å². The van der Waals surface area contributed by atoms with E-state index >= 15 is 0 Å². The van der Waals surface area contributed by atoms with Crippen molar-refractivity contribution < 1.29 is 19.5 Å². The summed E-state index contributed by atoms with van der Waals surface area (Å²) in [5.41, 5.74) is 1.72. The number of hydrogen-bond acceptors (Lipinski definition) is 3. The minimum atomic E-state index is -1.06.